The van der Waals surface area contributed by atoms with E-state index < -0.39 is 30.7 Å². The monoisotopic (exact) mass is 423 g/mol. The highest BCUT2D eigenvalue weighted by Gasteiger charge is 2.35. The summed E-state index contributed by atoms with van der Waals surface area (Å²) in [5.74, 6) is -0.786. The van der Waals surface area contributed by atoms with Crippen LogP contribution in [0.2, 0.25) is 0 Å². The smallest absolute Gasteiger partial charge is 0.393 e. The summed E-state index contributed by atoms with van der Waals surface area (Å²) >= 11 is 3.35. The van der Waals surface area contributed by atoms with Crippen LogP contribution in [0.3, 0.4) is 0 Å². The Kier molecular flexibility index (Phi) is 9.13. The summed E-state index contributed by atoms with van der Waals surface area (Å²) in [7, 11) is 0. The predicted molar refractivity (Wildman–Crippen MR) is 91.1 cm³/mol. The Morgan fingerprint density at radius 3 is 2.44 bits per heavy atom. The van der Waals surface area contributed by atoms with E-state index in [0.717, 1.165) is 17.3 Å². The standard InChI is InChI=1S/C10H14F3NO3.C7H7Br/c11-10(12,13)5-7(6-15)17-9(16)8-3-1-2-4-14-8;1-6-2-4-7(8)5-3-6/h6-8,14H,1-5H2;2-5H,1H3/t7?,8-;/m0./s1. The van der Waals surface area contributed by atoms with Crippen LogP contribution in [0.25, 0.3) is 0 Å². The summed E-state index contributed by atoms with van der Waals surface area (Å²) in [4.78, 5) is 21.8. The molecule has 0 aromatic heterocycles. The molecule has 2 rings (SSSR count). The van der Waals surface area contributed by atoms with Crippen molar-refractivity contribution in [1.29, 1.82) is 0 Å². The lowest BCUT2D eigenvalue weighted by Gasteiger charge is -2.23. The van der Waals surface area contributed by atoms with E-state index in [4.69, 9.17) is 0 Å². The summed E-state index contributed by atoms with van der Waals surface area (Å²) in [6.07, 6.45) is -5.43. The van der Waals surface area contributed by atoms with Crippen molar-refractivity contribution in [1.82, 2.24) is 5.32 Å². The Labute approximate surface area is 153 Å². The van der Waals surface area contributed by atoms with Crippen molar-refractivity contribution in [2.75, 3.05) is 6.54 Å². The number of hydrogen-bond acceptors (Lipinski definition) is 4. The fraction of sp³-hybridized carbons (Fsp3) is 0.529. The summed E-state index contributed by atoms with van der Waals surface area (Å²) in [5.41, 5.74) is 1.30. The second kappa shape index (κ2) is 10.6. The van der Waals surface area contributed by atoms with Gasteiger partial charge in [-0.3, -0.25) is 9.59 Å². The molecule has 140 valence electrons. The minimum atomic E-state index is -4.52. The number of hydrogen-bond donors (Lipinski definition) is 1. The molecular weight excluding hydrogens is 403 g/mol. The van der Waals surface area contributed by atoms with Crippen molar-refractivity contribution in [2.24, 2.45) is 0 Å². The van der Waals surface area contributed by atoms with Gasteiger partial charge in [0.25, 0.3) is 0 Å². The van der Waals surface area contributed by atoms with E-state index >= 15 is 0 Å². The Bertz CT molecular complexity index is 522. The predicted octanol–water partition coefficient (Wildman–Crippen LogP) is 3.95. The summed E-state index contributed by atoms with van der Waals surface area (Å²) in [6, 6.07) is 7.62. The third-order valence-corrected chi connectivity index (χ3v) is 3.99. The molecule has 1 fully saturated rings. The van der Waals surface area contributed by atoms with Gasteiger partial charge in [0.15, 0.2) is 12.4 Å². The molecule has 0 saturated carbocycles. The molecule has 2 atom stereocenters. The average Bonchev–Trinajstić information content (AvgIpc) is 2.57. The normalized spacial score (nSPS) is 18.5. The first-order valence-corrected chi connectivity index (χ1v) is 8.68. The third-order valence-electron chi connectivity index (χ3n) is 3.46. The summed E-state index contributed by atoms with van der Waals surface area (Å²) in [5, 5.41) is 2.84. The van der Waals surface area contributed by atoms with Gasteiger partial charge in [-0.25, -0.2) is 0 Å². The lowest BCUT2D eigenvalue weighted by molar-refractivity contribution is -0.175. The number of benzene rings is 1. The molecule has 1 aliphatic rings. The van der Waals surface area contributed by atoms with Gasteiger partial charge in [0, 0.05) is 4.47 Å². The van der Waals surface area contributed by atoms with Crippen LogP contribution in [0.4, 0.5) is 13.2 Å². The second-order valence-corrected chi connectivity index (χ2v) is 6.64. The Balaban J connectivity index is 0.000000324. The average molecular weight is 424 g/mol. The highest BCUT2D eigenvalue weighted by molar-refractivity contribution is 9.10. The van der Waals surface area contributed by atoms with Gasteiger partial charge < -0.3 is 10.1 Å². The quantitative estimate of drug-likeness (QED) is 0.588. The fourth-order valence-corrected chi connectivity index (χ4v) is 2.43. The molecule has 0 aliphatic carbocycles. The Morgan fingerprint density at radius 1 is 1.36 bits per heavy atom. The Hall–Kier alpha value is -1.41. The number of esters is 1. The highest BCUT2D eigenvalue weighted by Crippen LogP contribution is 2.22. The molecule has 0 spiro atoms. The number of nitrogens with one attached hydrogen (secondary N) is 1. The van der Waals surface area contributed by atoms with Crippen molar-refractivity contribution in [3.63, 3.8) is 0 Å². The van der Waals surface area contributed by atoms with Crippen LogP contribution in [-0.2, 0) is 14.3 Å². The Morgan fingerprint density at radius 2 is 2.00 bits per heavy atom. The number of halogens is 4. The van der Waals surface area contributed by atoms with Gasteiger partial charge >= 0.3 is 12.1 Å². The van der Waals surface area contributed by atoms with Crippen molar-refractivity contribution in [2.45, 2.75) is 50.9 Å². The van der Waals surface area contributed by atoms with E-state index in [2.05, 4.69) is 45.0 Å². The zero-order valence-electron chi connectivity index (χ0n) is 13.8. The number of carbonyl (C=O) groups excluding carboxylic acids is 2. The molecule has 0 radical (unpaired) electrons. The van der Waals surface area contributed by atoms with Crippen LogP contribution in [0.5, 0.6) is 0 Å². The number of rotatable bonds is 4. The van der Waals surface area contributed by atoms with E-state index in [0.29, 0.717) is 13.0 Å². The maximum absolute atomic E-state index is 12.0. The number of aryl methyl sites for hydroxylation is 1. The molecule has 1 heterocycles. The molecule has 4 nitrogen and oxygen atoms in total. The van der Waals surface area contributed by atoms with Gasteiger partial charge in [-0.05, 0) is 38.4 Å². The lowest BCUT2D eigenvalue weighted by Crippen LogP contribution is -2.43. The van der Waals surface area contributed by atoms with Gasteiger partial charge in [0.1, 0.15) is 6.04 Å². The molecule has 8 heteroatoms. The molecule has 1 N–H and O–H groups in total. The fourth-order valence-electron chi connectivity index (χ4n) is 2.16. The van der Waals surface area contributed by atoms with Gasteiger partial charge in [0.2, 0.25) is 0 Å². The number of aldehydes is 1. The van der Waals surface area contributed by atoms with E-state index in [-0.39, 0.29) is 6.29 Å². The SMILES string of the molecule is Cc1ccc(Br)cc1.O=CC(CC(F)(F)F)OC(=O)[C@@H]1CCCCN1. The van der Waals surface area contributed by atoms with Gasteiger partial charge in [-0.1, -0.05) is 40.0 Å². The van der Waals surface area contributed by atoms with Crippen LogP contribution in [0.1, 0.15) is 31.2 Å². The second-order valence-electron chi connectivity index (χ2n) is 5.73. The topological polar surface area (TPSA) is 55.4 Å². The number of alkyl halides is 3. The summed E-state index contributed by atoms with van der Waals surface area (Å²) < 4.78 is 41.7. The van der Waals surface area contributed by atoms with E-state index in [1.54, 1.807) is 0 Å². The van der Waals surface area contributed by atoms with Gasteiger partial charge in [-0.2, -0.15) is 13.2 Å². The third kappa shape index (κ3) is 9.60. The molecular formula is C17H21BrF3NO3. The molecule has 1 aromatic carbocycles. The lowest BCUT2D eigenvalue weighted by atomic mass is 10.1. The number of piperidine rings is 1. The zero-order chi connectivity index (χ0) is 18.9. The van der Waals surface area contributed by atoms with Crippen LogP contribution >= 0.6 is 15.9 Å². The first-order valence-electron chi connectivity index (χ1n) is 7.89. The van der Waals surface area contributed by atoms with Crippen molar-refractivity contribution in [3.8, 4) is 0 Å². The molecule has 0 bridgehead atoms. The van der Waals surface area contributed by atoms with Gasteiger partial charge in [0.05, 0.1) is 6.42 Å². The van der Waals surface area contributed by atoms with E-state index in [9.17, 15) is 22.8 Å². The van der Waals surface area contributed by atoms with Crippen LogP contribution in [-0.4, -0.2) is 37.1 Å². The first-order chi connectivity index (χ1) is 11.7. The molecule has 1 saturated heterocycles. The zero-order valence-corrected chi connectivity index (χ0v) is 15.4. The van der Waals surface area contributed by atoms with Gasteiger partial charge in [-0.15, -0.1) is 0 Å². The van der Waals surface area contributed by atoms with E-state index in [1.165, 1.54) is 5.56 Å². The van der Waals surface area contributed by atoms with E-state index in [1.807, 2.05) is 12.1 Å². The minimum Gasteiger partial charge on any atom is -0.453 e. The molecule has 1 unspecified atom stereocenters. The molecule has 25 heavy (non-hydrogen) atoms. The minimum absolute atomic E-state index is 0.00815. The highest BCUT2D eigenvalue weighted by atomic mass is 79.9. The van der Waals surface area contributed by atoms with Crippen LogP contribution in [0.15, 0.2) is 28.7 Å². The molecule has 0 amide bonds. The molecule has 1 aliphatic heterocycles. The maximum atomic E-state index is 12.0. The van der Waals surface area contributed by atoms with Crippen LogP contribution in [0, 0.1) is 6.92 Å². The number of ether oxygens (including phenoxy) is 1. The van der Waals surface area contributed by atoms with Crippen molar-refractivity contribution >= 4 is 28.2 Å². The first kappa shape index (κ1) is 21.6. The number of carbonyl (C=O) groups is 2. The van der Waals surface area contributed by atoms with Crippen molar-refractivity contribution < 1.29 is 27.5 Å². The van der Waals surface area contributed by atoms with Crippen molar-refractivity contribution in [3.05, 3.63) is 34.3 Å². The summed E-state index contributed by atoms with van der Waals surface area (Å²) in [6.45, 7) is 2.71. The molecule has 1 aromatic rings. The maximum Gasteiger partial charge on any atom is 0.393 e. The van der Waals surface area contributed by atoms with Crippen LogP contribution < -0.4 is 5.32 Å². The largest absolute Gasteiger partial charge is 0.453 e.